The SMILES string of the molecule is CCCCN(Cc1cc2ccccc2nc1Cl)C(=O)Nc1ccccc1OC. The number of anilines is 1. The number of benzene rings is 2. The molecule has 0 fully saturated rings. The van der Waals surface area contributed by atoms with Crippen molar-refractivity contribution in [2.75, 3.05) is 19.0 Å². The number of methoxy groups -OCH3 is 1. The van der Waals surface area contributed by atoms with Crippen molar-refractivity contribution in [2.24, 2.45) is 0 Å². The largest absolute Gasteiger partial charge is 0.495 e. The van der Waals surface area contributed by atoms with E-state index in [-0.39, 0.29) is 6.03 Å². The van der Waals surface area contributed by atoms with Gasteiger partial charge >= 0.3 is 6.03 Å². The average Bonchev–Trinajstić information content (AvgIpc) is 2.71. The van der Waals surface area contributed by atoms with Crippen LogP contribution in [-0.2, 0) is 6.54 Å². The van der Waals surface area contributed by atoms with Gasteiger partial charge in [0.25, 0.3) is 0 Å². The lowest BCUT2D eigenvalue weighted by Gasteiger charge is -2.24. The molecule has 0 saturated carbocycles. The van der Waals surface area contributed by atoms with Crippen molar-refractivity contribution in [1.82, 2.24) is 9.88 Å². The summed E-state index contributed by atoms with van der Waals surface area (Å²) in [6.07, 6.45) is 1.89. The van der Waals surface area contributed by atoms with Crippen molar-refractivity contribution in [1.29, 1.82) is 0 Å². The number of carbonyl (C=O) groups excluding carboxylic acids is 1. The van der Waals surface area contributed by atoms with Crippen LogP contribution in [0.1, 0.15) is 25.3 Å². The second-order valence-corrected chi connectivity index (χ2v) is 6.89. The number of nitrogens with zero attached hydrogens (tertiary/aromatic N) is 2. The van der Waals surface area contributed by atoms with E-state index in [0.29, 0.717) is 29.7 Å². The number of fused-ring (bicyclic) bond motifs is 1. The lowest BCUT2D eigenvalue weighted by Crippen LogP contribution is -2.35. The van der Waals surface area contributed by atoms with E-state index in [1.165, 1.54) is 0 Å². The van der Waals surface area contributed by atoms with Crippen molar-refractivity contribution in [3.8, 4) is 5.75 Å². The minimum Gasteiger partial charge on any atom is -0.495 e. The zero-order valence-corrected chi connectivity index (χ0v) is 16.9. The highest BCUT2D eigenvalue weighted by atomic mass is 35.5. The molecule has 5 nitrogen and oxygen atoms in total. The smallest absolute Gasteiger partial charge is 0.322 e. The first-order chi connectivity index (χ1) is 13.6. The second-order valence-electron chi connectivity index (χ2n) is 6.54. The molecule has 2 amide bonds. The first-order valence-electron chi connectivity index (χ1n) is 9.35. The number of halogens is 1. The van der Waals surface area contributed by atoms with Gasteiger partial charge in [-0.25, -0.2) is 9.78 Å². The normalized spacial score (nSPS) is 10.7. The number of para-hydroxylation sites is 3. The molecule has 1 N–H and O–H groups in total. The third-order valence-corrected chi connectivity index (χ3v) is 4.86. The molecule has 0 saturated heterocycles. The van der Waals surface area contributed by atoms with Crippen LogP contribution in [0.5, 0.6) is 5.75 Å². The van der Waals surface area contributed by atoms with Gasteiger partial charge in [0.2, 0.25) is 0 Å². The molecule has 0 aliphatic rings. The van der Waals surface area contributed by atoms with Crippen LogP contribution in [0.25, 0.3) is 10.9 Å². The minimum atomic E-state index is -0.192. The Morgan fingerprint density at radius 3 is 2.71 bits per heavy atom. The van der Waals surface area contributed by atoms with Crippen molar-refractivity contribution in [2.45, 2.75) is 26.3 Å². The van der Waals surface area contributed by atoms with Gasteiger partial charge in [0.05, 0.1) is 24.9 Å². The highest BCUT2D eigenvalue weighted by Gasteiger charge is 2.17. The molecule has 1 heterocycles. The fraction of sp³-hybridized carbons (Fsp3) is 0.273. The molecule has 0 unspecified atom stereocenters. The predicted molar refractivity (Wildman–Crippen MR) is 114 cm³/mol. The maximum absolute atomic E-state index is 13.0. The Balaban J connectivity index is 1.83. The third kappa shape index (κ3) is 4.73. The van der Waals surface area contributed by atoms with Gasteiger partial charge in [-0.3, -0.25) is 0 Å². The van der Waals surface area contributed by atoms with Gasteiger partial charge in [0.15, 0.2) is 0 Å². The Hall–Kier alpha value is -2.79. The van der Waals surface area contributed by atoms with E-state index in [2.05, 4.69) is 17.2 Å². The monoisotopic (exact) mass is 397 g/mol. The molecule has 0 bridgehead atoms. The van der Waals surface area contributed by atoms with Crippen molar-refractivity contribution in [3.05, 3.63) is 65.3 Å². The lowest BCUT2D eigenvalue weighted by atomic mass is 10.1. The van der Waals surface area contributed by atoms with Crippen molar-refractivity contribution < 1.29 is 9.53 Å². The van der Waals surface area contributed by atoms with E-state index in [1.54, 1.807) is 12.0 Å². The van der Waals surface area contributed by atoms with Crippen molar-refractivity contribution >= 4 is 34.2 Å². The first-order valence-corrected chi connectivity index (χ1v) is 9.73. The molecule has 146 valence electrons. The molecule has 0 radical (unpaired) electrons. The number of hydrogen-bond donors (Lipinski definition) is 1. The van der Waals surface area contributed by atoms with Gasteiger partial charge in [-0.05, 0) is 30.7 Å². The number of ether oxygens (including phenoxy) is 1. The zero-order valence-electron chi connectivity index (χ0n) is 16.1. The maximum Gasteiger partial charge on any atom is 0.322 e. The number of nitrogens with one attached hydrogen (secondary N) is 1. The Morgan fingerprint density at radius 1 is 1.18 bits per heavy atom. The Labute approximate surface area is 170 Å². The van der Waals surface area contributed by atoms with Crippen LogP contribution in [0.2, 0.25) is 5.15 Å². The van der Waals surface area contributed by atoms with E-state index in [1.807, 2.05) is 54.6 Å². The number of pyridine rings is 1. The molecule has 3 rings (SSSR count). The molecule has 6 heteroatoms. The molecule has 1 aromatic heterocycles. The summed E-state index contributed by atoms with van der Waals surface area (Å²) in [5, 5.41) is 4.37. The molecule has 0 aliphatic heterocycles. The van der Waals surface area contributed by atoms with E-state index in [4.69, 9.17) is 16.3 Å². The molecule has 2 aromatic carbocycles. The summed E-state index contributed by atoms with van der Waals surface area (Å²) in [6.45, 7) is 3.11. The van der Waals surface area contributed by atoms with Gasteiger partial charge in [0.1, 0.15) is 10.9 Å². The fourth-order valence-corrected chi connectivity index (χ4v) is 3.20. The summed E-state index contributed by atoms with van der Waals surface area (Å²) in [7, 11) is 1.58. The number of amides is 2. The van der Waals surface area contributed by atoms with Gasteiger partial charge in [-0.2, -0.15) is 0 Å². The van der Waals surface area contributed by atoms with Crippen LogP contribution in [0.15, 0.2) is 54.6 Å². The molecule has 3 aromatic rings. The Morgan fingerprint density at radius 2 is 1.93 bits per heavy atom. The van der Waals surface area contributed by atoms with E-state index in [0.717, 1.165) is 29.3 Å². The summed E-state index contributed by atoms with van der Waals surface area (Å²) < 4.78 is 5.33. The molecule has 0 aliphatic carbocycles. The number of unbranched alkanes of at least 4 members (excludes halogenated alkanes) is 1. The number of carbonyl (C=O) groups is 1. The van der Waals surface area contributed by atoms with Crippen LogP contribution < -0.4 is 10.1 Å². The average molecular weight is 398 g/mol. The van der Waals surface area contributed by atoms with Gasteiger partial charge in [-0.15, -0.1) is 0 Å². The standard InChI is InChI=1S/C22H24ClN3O2/c1-3-4-13-26(22(27)25-19-11-7-8-12-20(19)28-2)15-17-14-16-9-5-6-10-18(16)24-21(17)23/h5-12,14H,3-4,13,15H2,1-2H3,(H,25,27). The highest BCUT2D eigenvalue weighted by Crippen LogP contribution is 2.25. The summed E-state index contributed by atoms with van der Waals surface area (Å²) in [6, 6.07) is 17.0. The minimum absolute atomic E-state index is 0.192. The molecule has 28 heavy (non-hydrogen) atoms. The van der Waals surface area contributed by atoms with Crippen LogP contribution in [0.3, 0.4) is 0 Å². The lowest BCUT2D eigenvalue weighted by molar-refractivity contribution is 0.208. The molecular formula is C22H24ClN3O2. The molecular weight excluding hydrogens is 374 g/mol. The van der Waals surface area contributed by atoms with Gasteiger partial charge in [-0.1, -0.05) is 55.3 Å². The van der Waals surface area contributed by atoms with Crippen molar-refractivity contribution in [3.63, 3.8) is 0 Å². The summed E-state index contributed by atoms with van der Waals surface area (Å²) in [5.74, 6) is 0.622. The number of aromatic nitrogens is 1. The summed E-state index contributed by atoms with van der Waals surface area (Å²) in [4.78, 5) is 19.2. The third-order valence-electron chi connectivity index (χ3n) is 4.53. The summed E-state index contributed by atoms with van der Waals surface area (Å²) in [5.41, 5.74) is 2.31. The van der Waals surface area contributed by atoms with Crippen LogP contribution in [0.4, 0.5) is 10.5 Å². The quantitative estimate of drug-likeness (QED) is 0.518. The zero-order chi connectivity index (χ0) is 19.9. The Bertz CT molecular complexity index is 961. The van der Waals surface area contributed by atoms with E-state index in [9.17, 15) is 4.79 Å². The van der Waals surface area contributed by atoms with Crippen LogP contribution >= 0.6 is 11.6 Å². The van der Waals surface area contributed by atoms with Crippen LogP contribution in [-0.4, -0.2) is 29.6 Å². The number of rotatable bonds is 7. The van der Waals surface area contributed by atoms with E-state index < -0.39 is 0 Å². The van der Waals surface area contributed by atoms with Gasteiger partial charge in [0, 0.05) is 17.5 Å². The second kappa shape index (κ2) is 9.42. The number of hydrogen-bond acceptors (Lipinski definition) is 3. The molecule has 0 atom stereocenters. The van der Waals surface area contributed by atoms with Gasteiger partial charge < -0.3 is 15.0 Å². The number of urea groups is 1. The molecule has 0 spiro atoms. The summed E-state index contributed by atoms with van der Waals surface area (Å²) >= 11 is 6.40. The highest BCUT2D eigenvalue weighted by molar-refractivity contribution is 6.30. The predicted octanol–water partition coefficient (Wildman–Crippen LogP) is 5.73. The fourth-order valence-electron chi connectivity index (χ4n) is 3.00. The van der Waals surface area contributed by atoms with E-state index >= 15 is 0 Å². The van der Waals surface area contributed by atoms with Crippen LogP contribution in [0, 0.1) is 0 Å². The Kier molecular flexibility index (Phi) is 6.71. The topological polar surface area (TPSA) is 54.5 Å². The first kappa shape index (κ1) is 20.0. The maximum atomic E-state index is 13.0.